The number of hydrogen-bond donors (Lipinski definition) is 3. The number of nitrogens with one attached hydrogen (secondary N) is 1. The molecule has 1 aromatic carbocycles. The topological polar surface area (TPSA) is 90.4 Å². The Labute approximate surface area is 131 Å². The summed E-state index contributed by atoms with van der Waals surface area (Å²) in [7, 11) is 0. The number of primary amides is 1. The van der Waals surface area contributed by atoms with Gasteiger partial charge < -0.3 is 21.5 Å². The quantitative estimate of drug-likeness (QED) is 0.722. The van der Waals surface area contributed by atoms with Crippen LogP contribution in [-0.2, 0) is 11.3 Å². The molecular formula is C16H26FN3O2. The van der Waals surface area contributed by atoms with E-state index in [4.69, 9.17) is 16.2 Å². The summed E-state index contributed by atoms with van der Waals surface area (Å²) in [4.78, 5) is 10.9. The molecule has 0 radical (unpaired) electrons. The van der Waals surface area contributed by atoms with Gasteiger partial charge in [-0.15, -0.1) is 0 Å². The van der Waals surface area contributed by atoms with Crippen LogP contribution in [0.25, 0.3) is 0 Å². The van der Waals surface area contributed by atoms with Crippen LogP contribution in [0.4, 0.5) is 14.9 Å². The van der Waals surface area contributed by atoms with Gasteiger partial charge in [0, 0.05) is 24.3 Å². The number of rotatable bonds is 7. The molecule has 0 unspecified atom stereocenters. The number of amides is 1. The minimum atomic E-state index is -0.788. The van der Waals surface area contributed by atoms with Crippen LogP contribution in [0.5, 0.6) is 0 Å². The van der Waals surface area contributed by atoms with Crippen LogP contribution in [0.15, 0.2) is 18.2 Å². The van der Waals surface area contributed by atoms with Crippen LogP contribution >= 0.6 is 0 Å². The van der Waals surface area contributed by atoms with Crippen molar-refractivity contribution in [1.29, 1.82) is 0 Å². The Morgan fingerprint density at radius 2 is 1.95 bits per heavy atom. The Hall–Kier alpha value is -1.82. The Bertz CT molecular complexity index is 530. The molecule has 0 saturated heterocycles. The van der Waals surface area contributed by atoms with Gasteiger partial charge in [0.25, 0.3) is 0 Å². The third-order valence-corrected chi connectivity index (χ3v) is 3.36. The summed E-state index contributed by atoms with van der Waals surface area (Å²) in [5, 5.41) is 3.23. The Morgan fingerprint density at radius 1 is 1.32 bits per heavy atom. The zero-order valence-electron chi connectivity index (χ0n) is 13.7. The van der Waals surface area contributed by atoms with Crippen molar-refractivity contribution in [2.45, 2.75) is 46.3 Å². The summed E-state index contributed by atoms with van der Waals surface area (Å²) < 4.78 is 18.8. The van der Waals surface area contributed by atoms with Gasteiger partial charge in [-0.2, -0.15) is 0 Å². The molecule has 1 amide bonds. The van der Waals surface area contributed by atoms with Gasteiger partial charge in [0.05, 0.1) is 0 Å². The largest absolute Gasteiger partial charge is 0.444 e. The van der Waals surface area contributed by atoms with E-state index in [9.17, 15) is 9.18 Å². The minimum Gasteiger partial charge on any atom is -0.444 e. The predicted molar refractivity (Wildman–Crippen MR) is 85.9 cm³/mol. The molecule has 22 heavy (non-hydrogen) atoms. The van der Waals surface area contributed by atoms with Gasteiger partial charge >= 0.3 is 6.09 Å². The van der Waals surface area contributed by atoms with Gasteiger partial charge in [0.2, 0.25) is 0 Å². The zero-order chi connectivity index (χ0) is 17.0. The van der Waals surface area contributed by atoms with Crippen molar-refractivity contribution >= 4 is 11.8 Å². The van der Waals surface area contributed by atoms with E-state index >= 15 is 0 Å². The smallest absolute Gasteiger partial charge is 0.405 e. The number of carbonyl (C=O) groups is 1. The molecular weight excluding hydrogens is 285 g/mol. The molecule has 0 fully saturated rings. The molecule has 1 rings (SSSR count). The lowest BCUT2D eigenvalue weighted by molar-refractivity contribution is 0.0143. The standard InChI is InChI=1S/C16H26FN3O2/c1-15(2,9-16(3,4)22-14(19)21)10-20-13-7-5-6-12(17)11(13)8-18/h5-7,20H,8-10,18H2,1-4H3,(H2,19,21). The highest BCUT2D eigenvalue weighted by molar-refractivity contribution is 5.65. The zero-order valence-corrected chi connectivity index (χ0v) is 13.7. The number of carbonyl (C=O) groups excluding carboxylic acids is 1. The highest BCUT2D eigenvalue weighted by Crippen LogP contribution is 2.31. The number of ether oxygens (including phenoxy) is 1. The number of anilines is 1. The maximum atomic E-state index is 13.7. The molecule has 0 atom stereocenters. The monoisotopic (exact) mass is 311 g/mol. The first-order chi connectivity index (χ1) is 10.1. The maximum Gasteiger partial charge on any atom is 0.405 e. The van der Waals surface area contributed by atoms with E-state index in [-0.39, 0.29) is 17.8 Å². The van der Waals surface area contributed by atoms with E-state index in [0.29, 0.717) is 24.2 Å². The molecule has 0 saturated carbocycles. The average molecular weight is 311 g/mol. The lowest BCUT2D eigenvalue weighted by Gasteiger charge is -2.34. The van der Waals surface area contributed by atoms with E-state index in [1.165, 1.54) is 6.07 Å². The number of hydrogen-bond acceptors (Lipinski definition) is 4. The van der Waals surface area contributed by atoms with Crippen LogP contribution in [-0.4, -0.2) is 18.2 Å². The fourth-order valence-electron chi connectivity index (χ4n) is 2.79. The molecule has 0 aliphatic carbocycles. The minimum absolute atomic E-state index is 0.131. The van der Waals surface area contributed by atoms with E-state index < -0.39 is 11.7 Å². The van der Waals surface area contributed by atoms with E-state index in [0.717, 1.165) is 0 Å². The Morgan fingerprint density at radius 3 is 2.50 bits per heavy atom. The van der Waals surface area contributed by atoms with Crippen molar-refractivity contribution in [2.24, 2.45) is 16.9 Å². The summed E-state index contributed by atoms with van der Waals surface area (Å²) in [5.74, 6) is -0.317. The van der Waals surface area contributed by atoms with E-state index in [2.05, 4.69) is 5.32 Å². The van der Waals surface area contributed by atoms with Gasteiger partial charge in [0.1, 0.15) is 11.4 Å². The van der Waals surface area contributed by atoms with Gasteiger partial charge in [-0.1, -0.05) is 19.9 Å². The number of benzene rings is 1. The molecule has 0 aromatic heterocycles. The normalized spacial score (nSPS) is 12.1. The third kappa shape index (κ3) is 5.52. The SMILES string of the molecule is CC(C)(CNc1cccc(F)c1CN)CC(C)(C)OC(N)=O. The van der Waals surface area contributed by atoms with Crippen LogP contribution < -0.4 is 16.8 Å². The number of nitrogens with two attached hydrogens (primary N) is 2. The third-order valence-electron chi connectivity index (χ3n) is 3.36. The van der Waals surface area contributed by atoms with Crippen LogP contribution in [0.2, 0.25) is 0 Å². The van der Waals surface area contributed by atoms with Crippen molar-refractivity contribution in [3.05, 3.63) is 29.6 Å². The average Bonchev–Trinajstić information content (AvgIpc) is 2.33. The van der Waals surface area contributed by atoms with E-state index in [1.807, 2.05) is 27.7 Å². The maximum absolute atomic E-state index is 13.7. The molecule has 0 spiro atoms. The predicted octanol–water partition coefficient (Wildman–Crippen LogP) is 2.99. The first kappa shape index (κ1) is 18.2. The first-order valence-corrected chi connectivity index (χ1v) is 7.26. The molecule has 0 heterocycles. The van der Waals surface area contributed by atoms with Crippen molar-refractivity contribution in [3.8, 4) is 0 Å². The molecule has 1 aromatic rings. The van der Waals surface area contributed by atoms with Crippen molar-refractivity contribution in [2.75, 3.05) is 11.9 Å². The van der Waals surface area contributed by atoms with Gasteiger partial charge in [-0.3, -0.25) is 0 Å². The highest BCUT2D eigenvalue weighted by atomic mass is 19.1. The molecule has 124 valence electrons. The Kier molecular flexibility index (Phi) is 5.77. The van der Waals surface area contributed by atoms with Crippen molar-refractivity contribution in [1.82, 2.24) is 0 Å². The van der Waals surface area contributed by atoms with Gasteiger partial charge in [-0.25, -0.2) is 9.18 Å². The summed E-state index contributed by atoms with van der Waals surface area (Å²) in [6.45, 7) is 8.40. The van der Waals surface area contributed by atoms with Crippen LogP contribution in [0.3, 0.4) is 0 Å². The number of halogens is 1. The van der Waals surface area contributed by atoms with Gasteiger partial charge in [-0.05, 0) is 37.8 Å². The second kappa shape index (κ2) is 6.96. The summed E-state index contributed by atoms with van der Waals surface area (Å²) in [6, 6.07) is 4.83. The molecule has 0 bridgehead atoms. The summed E-state index contributed by atoms with van der Waals surface area (Å²) >= 11 is 0. The van der Waals surface area contributed by atoms with Crippen molar-refractivity contribution in [3.63, 3.8) is 0 Å². The van der Waals surface area contributed by atoms with Crippen LogP contribution in [0, 0.1) is 11.2 Å². The second-order valence-electron chi connectivity index (χ2n) is 6.85. The molecule has 0 aliphatic heterocycles. The molecule has 6 heteroatoms. The molecule has 5 N–H and O–H groups in total. The van der Waals surface area contributed by atoms with Gasteiger partial charge in [0.15, 0.2) is 0 Å². The summed E-state index contributed by atoms with van der Waals surface area (Å²) in [6.07, 6.45) is -0.187. The first-order valence-electron chi connectivity index (χ1n) is 7.26. The van der Waals surface area contributed by atoms with Crippen LogP contribution in [0.1, 0.15) is 39.7 Å². The fraction of sp³-hybridized carbons (Fsp3) is 0.562. The lowest BCUT2D eigenvalue weighted by Crippen LogP contribution is -2.38. The second-order valence-corrected chi connectivity index (χ2v) is 6.85. The summed E-state index contributed by atoms with van der Waals surface area (Å²) in [5.41, 5.74) is 11.0. The van der Waals surface area contributed by atoms with Crippen molar-refractivity contribution < 1.29 is 13.9 Å². The highest BCUT2D eigenvalue weighted by Gasteiger charge is 2.31. The molecule has 5 nitrogen and oxygen atoms in total. The van der Waals surface area contributed by atoms with E-state index in [1.54, 1.807) is 12.1 Å². The fourth-order valence-corrected chi connectivity index (χ4v) is 2.79. The molecule has 0 aliphatic rings. The lowest BCUT2D eigenvalue weighted by atomic mass is 9.81. The Balaban J connectivity index is 2.74.